The summed E-state index contributed by atoms with van der Waals surface area (Å²) >= 11 is 0. The highest BCUT2D eigenvalue weighted by Crippen LogP contribution is 2.20. The number of piperidine rings is 1. The number of rotatable bonds is 6. The minimum Gasteiger partial charge on any atom is -0.343 e. The molecule has 4 heteroatoms. The molecular formula is C15H29N3O. The van der Waals surface area contributed by atoms with Crippen molar-refractivity contribution in [3.05, 3.63) is 0 Å². The summed E-state index contributed by atoms with van der Waals surface area (Å²) in [6.07, 6.45) is 6.98. The average Bonchev–Trinajstić information content (AvgIpc) is 2.96. The second kappa shape index (κ2) is 7.85. The fourth-order valence-corrected chi connectivity index (χ4v) is 3.24. The van der Waals surface area contributed by atoms with Crippen LogP contribution in [0.5, 0.6) is 0 Å². The summed E-state index contributed by atoms with van der Waals surface area (Å²) in [6, 6.07) is 0. The van der Waals surface area contributed by atoms with Gasteiger partial charge in [-0.05, 0) is 64.7 Å². The van der Waals surface area contributed by atoms with Crippen molar-refractivity contribution in [2.75, 3.05) is 46.3 Å². The van der Waals surface area contributed by atoms with E-state index in [0.29, 0.717) is 5.91 Å². The van der Waals surface area contributed by atoms with Crippen LogP contribution in [0.1, 0.15) is 38.5 Å². The van der Waals surface area contributed by atoms with E-state index in [9.17, 15) is 4.79 Å². The molecule has 2 heterocycles. The lowest BCUT2D eigenvalue weighted by atomic mass is 9.93. The van der Waals surface area contributed by atoms with E-state index in [0.717, 1.165) is 38.5 Å². The average molecular weight is 267 g/mol. The first-order chi connectivity index (χ1) is 9.29. The molecule has 2 aliphatic rings. The van der Waals surface area contributed by atoms with Gasteiger partial charge in [-0.15, -0.1) is 0 Å². The fourth-order valence-electron chi connectivity index (χ4n) is 3.24. The van der Waals surface area contributed by atoms with Crippen LogP contribution in [0.2, 0.25) is 0 Å². The molecule has 0 radical (unpaired) electrons. The third-order valence-corrected chi connectivity index (χ3v) is 4.61. The molecule has 1 N–H and O–H groups in total. The molecule has 0 aromatic carbocycles. The van der Waals surface area contributed by atoms with Crippen LogP contribution in [-0.2, 0) is 4.79 Å². The van der Waals surface area contributed by atoms with Crippen LogP contribution >= 0.6 is 0 Å². The molecule has 0 unspecified atom stereocenters. The van der Waals surface area contributed by atoms with Gasteiger partial charge in [0.05, 0.1) is 0 Å². The highest BCUT2D eigenvalue weighted by Gasteiger charge is 2.23. The van der Waals surface area contributed by atoms with Crippen LogP contribution in [-0.4, -0.2) is 62.0 Å². The first-order valence-corrected chi connectivity index (χ1v) is 7.94. The lowest BCUT2D eigenvalue weighted by Crippen LogP contribution is -2.40. The molecule has 1 amide bonds. The van der Waals surface area contributed by atoms with E-state index in [1.807, 2.05) is 7.05 Å². The molecule has 0 aromatic heterocycles. The summed E-state index contributed by atoms with van der Waals surface area (Å²) in [5, 5.41) is 3.21. The number of nitrogens with one attached hydrogen (secondary N) is 1. The summed E-state index contributed by atoms with van der Waals surface area (Å²) in [4.78, 5) is 16.7. The third kappa shape index (κ3) is 4.77. The normalized spacial score (nSPS) is 22.1. The Morgan fingerprint density at radius 3 is 2.47 bits per heavy atom. The molecule has 4 nitrogen and oxygen atoms in total. The maximum atomic E-state index is 12.2. The lowest BCUT2D eigenvalue weighted by molar-refractivity contribution is -0.132. The molecular weight excluding hydrogens is 238 g/mol. The number of carbonyl (C=O) groups is 1. The van der Waals surface area contributed by atoms with Gasteiger partial charge in [0.25, 0.3) is 0 Å². The molecule has 2 saturated heterocycles. The molecule has 0 saturated carbocycles. The number of amides is 1. The predicted octanol–water partition coefficient (Wildman–Crippen LogP) is 1.32. The summed E-state index contributed by atoms with van der Waals surface area (Å²) in [7, 11) is 2.01. The minimum atomic E-state index is 0.374. The zero-order valence-corrected chi connectivity index (χ0v) is 12.4. The topological polar surface area (TPSA) is 35.6 Å². The number of hydrogen-bond acceptors (Lipinski definition) is 3. The summed E-state index contributed by atoms with van der Waals surface area (Å²) in [5.74, 6) is 1.19. The van der Waals surface area contributed by atoms with Gasteiger partial charge in [-0.3, -0.25) is 4.79 Å². The Balaban J connectivity index is 1.61. The smallest absolute Gasteiger partial charge is 0.223 e. The molecule has 0 spiro atoms. The maximum Gasteiger partial charge on any atom is 0.223 e. The Morgan fingerprint density at radius 2 is 1.84 bits per heavy atom. The van der Waals surface area contributed by atoms with Crippen LogP contribution in [0.25, 0.3) is 0 Å². The molecule has 0 aromatic rings. The standard InChI is InChI=1S/C15H29N3O/c1-16-8-4-14-5-12-18(13-6-14)15(19)7-11-17-9-2-3-10-17/h14,16H,2-13H2,1H3. The van der Waals surface area contributed by atoms with Gasteiger partial charge in [0.2, 0.25) is 5.91 Å². The first kappa shape index (κ1) is 14.8. The van der Waals surface area contributed by atoms with Gasteiger partial charge in [0, 0.05) is 26.1 Å². The Bertz CT molecular complexity index is 269. The largest absolute Gasteiger partial charge is 0.343 e. The van der Waals surface area contributed by atoms with Crippen LogP contribution in [0.3, 0.4) is 0 Å². The van der Waals surface area contributed by atoms with E-state index >= 15 is 0 Å². The Hall–Kier alpha value is -0.610. The SMILES string of the molecule is CNCCC1CCN(C(=O)CCN2CCCC2)CC1. The number of likely N-dealkylation sites (tertiary alicyclic amines) is 2. The summed E-state index contributed by atoms with van der Waals surface area (Å²) < 4.78 is 0. The van der Waals surface area contributed by atoms with Gasteiger partial charge in [-0.25, -0.2) is 0 Å². The van der Waals surface area contributed by atoms with E-state index in [4.69, 9.17) is 0 Å². The van der Waals surface area contributed by atoms with Gasteiger partial charge in [0.15, 0.2) is 0 Å². The summed E-state index contributed by atoms with van der Waals surface area (Å²) in [6.45, 7) is 6.42. The quantitative estimate of drug-likeness (QED) is 0.788. The molecule has 2 rings (SSSR count). The Morgan fingerprint density at radius 1 is 1.16 bits per heavy atom. The van der Waals surface area contributed by atoms with Crippen molar-refractivity contribution < 1.29 is 4.79 Å². The van der Waals surface area contributed by atoms with Gasteiger partial charge < -0.3 is 15.1 Å². The summed E-state index contributed by atoms with van der Waals surface area (Å²) in [5.41, 5.74) is 0. The zero-order valence-electron chi connectivity index (χ0n) is 12.4. The molecule has 110 valence electrons. The Kier molecular flexibility index (Phi) is 6.11. The molecule has 2 fully saturated rings. The predicted molar refractivity (Wildman–Crippen MR) is 78.1 cm³/mol. The van der Waals surface area contributed by atoms with Crippen LogP contribution in [0.4, 0.5) is 0 Å². The number of carbonyl (C=O) groups excluding carboxylic acids is 1. The van der Waals surface area contributed by atoms with Crippen LogP contribution in [0, 0.1) is 5.92 Å². The van der Waals surface area contributed by atoms with E-state index in [1.165, 1.54) is 45.2 Å². The van der Waals surface area contributed by atoms with Crippen molar-refractivity contribution >= 4 is 5.91 Å². The van der Waals surface area contributed by atoms with E-state index < -0.39 is 0 Å². The van der Waals surface area contributed by atoms with E-state index in [1.54, 1.807) is 0 Å². The van der Waals surface area contributed by atoms with Gasteiger partial charge in [0.1, 0.15) is 0 Å². The van der Waals surface area contributed by atoms with Crippen molar-refractivity contribution in [1.82, 2.24) is 15.1 Å². The second-order valence-electron chi connectivity index (χ2n) is 6.02. The molecule has 2 aliphatic heterocycles. The van der Waals surface area contributed by atoms with Gasteiger partial charge in [-0.1, -0.05) is 0 Å². The van der Waals surface area contributed by atoms with Crippen molar-refractivity contribution in [2.24, 2.45) is 5.92 Å². The molecule has 19 heavy (non-hydrogen) atoms. The third-order valence-electron chi connectivity index (χ3n) is 4.61. The monoisotopic (exact) mass is 267 g/mol. The van der Waals surface area contributed by atoms with Crippen LogP contribution < -0.4 is 5.32 Å². The highest BCUT2D eigenvalue weighted by molar-refractivity contribution is 5.76. The number of hydrogen-bond donors (Lipinski definition) is 1. The lowest BCUT2D eigenvalue weighted by Gasteiger charge is -2.32. The zero-order chi connectivity index (χ0) is 13.5. The highest BCUT2D eigenvalue weighted by atomic mass is 16.2. The first-order valence-electron chi connectivity index (χ1n) is 7.94. The fraction of sp³-hybridized carbons (Fsp3) is 0.933. The van der Waals surface area contributed by atoms with Crippen molar-refractivity contribution in [3.8, 4) is 0 Å². The van der Waals surface area contributed by atoms with Gasteiger partial charge in [-0.2, -0.15) is 0 Å². The molecule has 0 atom stereocenters. The minimum absolute atomic E-state index is 0.374. The Labute approximate surface area is 117 Å². The van der Waals surface area contributed by atoms with Crippen molar-refractivity contribution in [1.29, 1.82) is 0 Å². The number of nitrogens with zero attached hydrogens (tertiary/aromatic N) is 2. The maximum absolute atomic E-state index is 12.2. The van der Waals surface area contributed by atoms with E-state index in [2.05, 4.69) is 15.1 Å². The second-order valence-corrected chi connectivity index (χ2v) is 6.02. The van der Waals surface area contributed by atoms with Crippen LogP contribution in [0.15, 0.2) is 0 Å². The van der Waals surface area contributed by atoms with Gasteiger partial charge >= 0.3 is 0 Å². The molecule has 0 aliphatic carbocycles. The van der Waals surface area contributed by atoms with Crippen molar-refractivity contribution in [2.45, 2.75) is 38.5 Å². The molecule has 0 bridgehead atoms. The van der Waals surface area contributed by atoms with Crippen molar-refractivity contribution in [3.63, 3.8) is 0 Å². The van der Waals surface area contributed by atoms with E-state index in [-0.39, 0.29) is 0 Å².